The molecular formula is C10H10N6S2. The van der Waals surface area contributed by atoms with Gasteiger partial charge in [-0.2, -0.15) is 4.98 Å². The van der Waals surface area contributed by atoms with Crippen molar-refractivity contribution in [1.29, 1.82) is 0 Å². The van der Waals surface area contributed by atoms with Crippen LogP contribution in [0.15, 0.2) is 17.5 Å². The summed E-state index contributed by atoms with van der Waals surface area (Å²) < 4.78 is 2.26. The van der Waals surface area contributed by atoms with E-state index in [9.17, 15) is 0 Å². The summed E-state index contributed by atoms with van der Waals surface area (Å²) in [5, 5.41) is 2.01. The first kappa shape index (κ1) is 11.2. The third kappa shape index (κ3) is 1.75. The minimum Gasteiger partial charge on any atom is -0.369 e. The Balaban J connectivity index is 2.22. The minimum absolute atomic E-state index is 0.264. The average Bonchev–Trinajstić information content (AvgIpc) is 2.91. The number of aromatic nitrogens is 4. The van der Waals surface area contributed by atoms with Crippen molar-refractivity contribution < 1.29 is 0 Å². The molecule has 0 aliphatic carbocycles. The predicted octanol–water partition coefficient (Wildman–Crippen LogP) is 1.76. The quantitative estimate of drug-likeness (QED) is 0.620. The van der Waals surface area contributed by atoms with Crippen LogP contribution in [0.5, 0.6) is 0 Å². The summed E-state index contributed by atoms with van der Waals surface area (Å²) >= 11 is 6.81. The second-order valence-electron chi connectivity index (χ2n) is 3.76. The number of H-pyrrole nitrogens is 1. The van der Waals surface area contributed by atoms with Gasteiger partial charge in [0.25, 0.3) is 0 Å². The molecule has 18 heavy (non-hydrogen) atoms. The molecular weight excluding hydrogens is 268 g/mol. The third-order valence-corrected chi connectivity index (χ3v) is 3.70. The standard InChI is InChI=1S/C10H10N6S2/c11-9-14-7-6(8(17)15-9)13-10(12)16(7)4-5-2-1-3-18-5/h1-3H,4H2,(H2,12,13)(H3,11,14,15,17). The summed E-state index contributed by atoms with van der Waals surface area (Å²) in [4.78, 5) is 12.4. The molecule has 8 heteroatoms. The van der Waals surface area contributed by atoms with Crippen LogP contribution in [0.1, 0.15) is 4.88 Å². The third-order valence-electron chi connectivity index (χ3n) is 2.55. The highest BCUT2D eigenvalue weighted by Gasteiger charge is 2.12. The van der Waals surface area contributed by atoms with E-state index in [-0.39, 0.29) is 5.95 Å². The van der Waals surface area contributed by atoms with Gasteiger partial charge in [0.05, 0.1) is 6.54 Å². The molecule has 3 aromatic rings. The van der Waals surface area contributed by atoms with Crippen LogP contribution >= 0.6 is 23.6 Å². The molecule has 3 heterocycles. The van der Waals surface area contributed by atoms with Crippen molar-refractivity contribution in [2.75, 3.05) is 11.5 Å². The molecule has 0 spiro atoms. The van der Waals surface area contributed by atoms with Crippen LogP contribution in [-0.2, 0) is 6.54 Å². The number of anilines is 2. The first-order valence-corrected chi connectivity index (χ1v) is 6.48. The number of nitrogens with zero attached hydrogens (tertiary/aromatic N) is 3. The molecule has 92 valence electrons. The number of fused-ring (bicyclic) bond motifs is 1. The highest BCUT2D eigenvalue weighted by atomic mass is 32.1. The van der Waals surface area contributed by atoms with Gasteiger partial charge in [0.1, 0.15) is 10.2 Å². The monoisotopic (exact) mass is 278 g/mol. The summed E-state index contributed by atoms with van der Waals surface area (Å²) in [5.41, 5.74) is 12.8. The van der Waals surface area contributed by atoms with Gasteiger partial charge in [0.15, 0.2) is 5.65 Å². The van der Waals surface area contributed by atoms with Gasteiger partial charge in [0.2, 0.25) is 11.9 Å². The van der Waals surface area contributed by atoms with Gasteiger partial charge in [-0.15, -0.1) is 11.3 Å². The Labute approximate surface area is 111 Å². The van der Waals surface area contributed by atoms with Gasteiger partial charge >= 0.3 is 0 Å². The number of hydrogen-bond acceptors (Lipinski definition) is 6. The lowest BCUT2D eigenvalue weighted by atomic mass is 10.4. The lowest BCUT2D eigenvalue weighted by Gasteiger charge is -2.03. The van der Waals surface area contributed by atoms with Crippen LogP contribution in [0, 0.1) is 4.64 Å². The van der Waals surface area contributed by atoms with E-state index in [4.69, 9.17) is 23.7 Å². The maximum Gasteiger partial charge on any atom is 0.202 e. The van der Waals surface area contributed by atoms with Gasteiger partial charge < -0.3 is 16.5 Å². The van der Waals surface area contributed by atoms with Crippen LogP contribution in [0.2, 0.25) is 0 Å². The number of aromatic amines is 1. The molecule has 0 radical (unpaired) electrons. The highest BCUT2D eigenvalue weighted by Crippen LogP contribution is 2.20. The summed E-state index contributed by atoms with van der Waals surface area (Å²) in [6, 6.07) is 4.02. The molecule has 6 nitrogen and oxygen atoms in total. The Kier molecular flexibility index (Phi) is 2.53. The molecule has 3 rings (SSSR count). The van der Waals surface area contributed by atoms with Crippen molar-refractivity contribution >= 4 is 46.6 Å². The fraction of sp³-hybridized carbons (Fsp3) is 0.100. The molecule has 0 aliphatic heterocycles. The maximum absolute atomic E-state index is 5.90. The van der Waals surface area contributed by atoms with Crippen molar-refractivity contribution in [3.63, 3.8) is 0 Å². The van der Waals surface area contributed by atoms with Crippen LogP contribution in [0.4, 0.5) is 11.9 Å². The lowest BCUT2D eigenvalue weighted by Crippen LogP contribution is -2.05. The van der Waals surface area contributed by atoms with Crippen molar-refractivity contribution in [1.82, 2.24) is 19.5 Å². The average molecular weight is 278 g/mol. The van der Waals surface area contributed by atoms with Crippen LogP contribution < -0.4 is 11.5 Å². The molecule has 0 saturated carbocycles. The fourth-order valence-corrected chi connectivity index (χ4v) is 2.69. The Morgan fingerprint density at radius 3 is 2.94 bits per heavy atom. The first-order valence-electron chi connectivity index (χ1n) is 5.19. The predicted molar refractivity (Wildman–Crippen MR) is 75.0 cm³/mol. The zero-order valence-corrected chi connectivity index (χ0v) is 10.9. The number of nitrogen functional groups attached to an aromatic ring is 2. The van der Waals surface area contributed by atoms with Gasteiger partial charge in [0, 0.05) is 4.88 Å². The van der Waals surface area contributed by atoms with E-state index >= 15 is 0 Å². The SMILES string of the molecule is Nc1nc2c(nc(N)n2Cc2cccs2)c(=S)[nH]1. The number of nitrogens with two attached hydrogens (primary N) is 2. The van der Waals surface area contributed by atoms with Crippen LogP contribution in [-0.4, -0.2) is 19.5 Å². The number of imidazole rings is 1. The van der Waals surface area contributed by atoms with E-state index in [2.05, 4.69) is 15.0 Å². The minimum atomic E-state index is 0.264. The fourth-order valence-electron chi connectivity index (χ4n) is 1.76. The summed E-state index contributed by atoms with van der Waals surface area (Å²) in [5.74, 6) is 0.649. The molecule has 0 unspecified atom stereocenters. The van der Waals surface area contributed by atoms with Gasteiger partial charge in [-0.3, -0.25) is 4.57 Å². The van der Waals surface area contributed by atoms with E-state index in [1.54, 1.807) is 15.9 Å². The van der Waals surface area contributed by atoms with Gasteiger partial charge in [-0.1, -0.05) is 18.3 Å². The molecule has 5 N–H and O–H groups in total. The van der Waals surface area contributed by atoms with E-state index in [1.165, 1.54) is 4.88 Å². The molecule has 0 amide bonds. The Morgan fingerprint density at radius 2 is 2.22 bits per heavy atom. The van der Waals surface area contributed by atoms with Crippen molar-refractivity contribution in [3.8, 4) is 0 Å². The number of hydrogen-bond donors (Lipinski definition) is 3. The highest BCUT2D eigenvalue weighted by molar-refractivity contribution is 7.71. The van der Waals surface area contributed by atoms with E-state index in [0.29, 0.717) is 28.3 Å². The second kappa shape index (κ2) is 4.07. The van der Waals surface area contributed by atoms with Crippen LogP contribution in [0.25, 0.3) is 11.2 Å². The summed E-state index contributed by atoms with van der Waals surface area (Å²) in [6.45, 7) is 0.616. The number of thiophene rings is 1. The van der Waals surface area contributed by atoms with Gasteiger partial charge in [-0.05, 0) is 11.4 Å². The zero-order chi connectivity index (χ0) is 12.7. The van der Waals surface area contributed by atoms with E-state index < -0.39 is 0 Å². The Hall–Kier alpha value is -1.93. The maximum atomic E-state index is 5.90. The smallest absolute Gasteiger partial charge is 0.202 e. The Bertz CT molecular complexity index is 755. The lowest BCUT2D eigenvalue weighted by molar-refractivity contribution is 0.841. The van der Waals surface area contributed by atoms with Crippen molar-refractivity contribution in [2.45, 2.75) is 6.54 Å². The molecule has 3 aromatic heterocycles. The largest absolute Gasteiger partial charge is 0.369 e. The molecule has 0 fully saturated rings. The Morgan fingerprint density at radius 1 is 1.39 bits per heavy atom. The summed E-state index contributed by atoms with van der Waals surface area (Å²) in [6.07, 6.45) is 0. The first-order chi connectivity index (χ1) is 8.65. The molecule has 0 aromatic carbocycles. The van der Waals surface area contributed by atoms with E-state index in [1.807, 2.05) is 17.5 Å². The van der Waals surface area contributed by atoms with Crippen molar-refractivity contribution in [3.05, 3.63) is 27.0 Å². The summed E-state index contributed by atoms with van der Waals surface area (Å²) in [7, 11) is 0. The number of rotatable bonds is 2. The molecule has 0 aliphatic rings. The topological polar surface area (TPSA) is 98.5 Å². The van der Waals surface area contributed by atoms with Crippen molar-refractivity contribution in [2.24, 2.45) is 0 Å². The van der Waals surface area contributed by atoms with Gasteiger partial charge in [-0.25, -0.2) is 4.98 Å². The molecule has 0 saturated heterocycles. The second-order valence-corrected chi connectivity index (χ2v) is 5.20. The molecule has 0 bridgehead atoms. The normalized spacial score (nSPS) is 11.1. The van der Waals surface area contributed by atoms with Crippen LogP contribution in [0.3, 0.4) is 0 Å². The zero-order valence-electron chi connectivity index (χ0n) is 9.25. The number of nitrogens with one attached hydrogen (secondary N) is 1. The van der Waals surface area contributed by atoms with E-state index in [0.717, 1.165) is 0 Å². The molecule has 0 atom stereocenters.